The monoisotopic (exact) mass is 368 g/mol. The number of amides is 1. The van der Waals surface area contributed by atoms with Gasteiger partial charge in [-0.25, -0.2) is 19.4 Å². The largest absolute Gasteiger partial charge is 0.378 e. The molecule has 7 nitrogen and oxygen atoms in total. The van der Waals surface area contributed by atoms with Crippen LogP contribution in [0.3, 0.4) is 0 Å². The summed E-state index contributed by atoms with van der Waals surface area (Å²) in [4.78, 5) is 24.2. The predicted octanol–water partition coefficient (Wildman–Crippen LogP) is 2.53. The molecule has 0 unspecified atom stereocenters. The van der Waals surface area contributed by atoms with E-state index in [9.17, 15) is 9.18 Å². The summed E-state index contributed by atoms with van der Waals surface area (Å²) in [6.45, 7) is 1.73. The number of nitrogens with two attached hydrogens (primary N) is 1. The highest BCUT2D eigenvalue weighted by atomic mass is 32.2. The lowest BCUT2D eigenvalue weighted by atomic mass is 9.92. The Balaban J connectivity index is 1.88. The molecule has 3 rings (SSSR count). The molecule has 130 valence electrons. The van der Waals surface area contributed by atoms with Gasteiger partial charge in [0.05, 0.1) is 12.4 Å². The number of rotatable bonds is 3. The Kier molecular flexibility index (Phi) is 4.69. The minimum Gasteiger partial charge on any atom is -0.378 e. The third kappa shape index (κ3) is 3.55. The number of halogens is 1. The molecule has 1 aliphatic heterocycles. The van der Waals surface area contributed by atoms with Crippen LogP contribution >= 0.6 is 11.8 Å². The molecule has 2 aromatic rings. The van der Waals surface area contributed by atoms with Crippen LogP contribution in [0.2, 0.25) is 0 Å². The first kappa shape index (κ1) is 17.6. The van der Waals surface area contributed by atoms with Gasteiger partial charge in [-0.2, -0.15) is 5.26 Å². The molecular formula is C17H13FN6OS. The van der Waals surface area contributed by atoms with Crippen molar-refractivity contribution < 1.29 is 9.18 Å². The molecule has 26 heavy (non-hydrogen) atoms. The topological polar surface area (TPSA) is 117 Å². The normalized spacial score (nSPS) is 18.7. The van der Waals surface area contributed by atoms with E-state index in [4.69, 9.17) is 11.0 Å². The lowest BCUT2D eigenvalue weighted by Crippen LogP contribution is -2.25. The van der Waals surface area contributed by atoms with Crippen LogP contribution in [0.4, 0.5) is 10.1 Å². The molecule has 1 aromatic carbocycles. The number of aliphatic imine (C=N–C) groups is 1. The van der Waals surface area contributed by atoms with E-state index in [1.165, 1.54) is 42.4 Å². The van der Waals surface area contributed by atoms with Crippen LogP contribution in [0.25, 0.3) is 0 Å². The summed E-state index contributed by atoms with van der Waals surface area (Å²) >= 11 is 1.25. The smallest absolute Gasteiger partial charge is 0.275 e. The second kappa shape index (κ2) is 6.93. The number of benzene rings is 1. The van der Waals surface area contributed by atoms with Crippen molar-refractivity contribution in [2.45, 2.75) is 12.5 Å². The van der Waals surface area contributed by atoms with Gasteiger partial charge in [-0.1, -0.05) is 11.8 Å². The van der Waals surface area contributed by atoms with Gasteiger partial charge in [0.1, 0.15) is 23.1 Å². The Labute approximate surface area is 152 Å². The van der Waals surface area contributed by atoms with Crippen LogP contribution in [0.1, 0.15) is 28.7 Å². The van der Waals surface area contributed by atoms with E-state index in [-0.39, 0.29) is 17.0 Å². The fraction of sp³-hybridized carbons (Fsp3) is 0.118. The van der Waals surface area contributed by atoms with Gasteiger partial charge in [0.2, 0.25) is 0 Å². The maximum Gasteiger partial charge on any atom is 0.275 e. The van der Waals surface area contributed by atoms with Gasteiger partial charge in [-0.15, -0.1) is 0 Å². The SMILES string of the molecule is C[C@@]1(c2cc(NC(=O)c3cnc(C#N)cn3)ccc2F)C=CSC(N)=N1. The Morgan fingerprint density at radius 1 is 1.38 bits per heavy atom. The first-order valence-electron chi connectivity index (χ1n) is 7.44. The molecule has 0 aliphatic carbocycles. The number of thioether (sulfide) groups is 1. The number of carbonyl (C=O) groups is 1. The summed E-state index contributed by atoms with van der Waals surface area (Å²) < 4.78 is 14.4. The lowest BCUT2D eigenvalue weighted by molar-refractivity contribution is 0.102. The van der Waals surface area contributed by atoms with Crippen molar-refractivity contribution in [3.8, 4) is 6.07 Å². The average molecular weight is 368 g/mol. The zero-order valence-electron chi connectivity index (χ0n) is 13.6. The quantitative estimate of drug-likeness (QED) is 0.860. The van der Waals surface area contributed by atoms with Crippen LogP contribution in [0, 0.1) is 17.1 Å². The summed E-state index contributed by atoms with van der Waals surface area (Å²) in [5, 5.41) is 13.4. The van der Waals surface area contributed by atoms with Gasteiger partial charge in [-0.3, -0.25) is 4.79 Å². The van der Waals surface area contributed by atoms with E-state index >= 15 is 0 Å². The molecule has 1 atom stereocenters. The highest BCUT2D eigenvalue weighted by Crippen LogP contribution is 2.35. The first-order valence-corrected chi connectivity index (χ1v) is 8.32. The minimum absolute atomic E-state index is 0.0392. The third-order valence-electron chi connectivity index (χ3n) is 3.69. The third-order valence-corrected chi connectivity index (χ3v) is 4.30. The van der Waals surface area contributed by atoms with Crippen molar-refractivity contribution in [2.24, 2.45) is 10.7 Å². The van der Waals surface area contributed by atoms with Crippen LogP contribution < -0.4 is 11.1 Å². The van der Waals surface area contributed by atoms with Gasteiger partial charge in [0.15, 0.2) is 10.9 Å². The molecule has 0 radical (unpaired) electrons. The van der Waals surface area contributed by atoms with E-state index in [0.29, 0.717) is 10.9 Å². The van der Waals surface area contributed by atoms with Gasteiger partial charge < -0.3 is 11.1 Å². The van der Waals surface area contributed by atoms with Gasteiger partial charge in [0, 0.05) is 11.3 Å². The van der Waals surface area contributed by atoms with Crippen LogP contribution in [0.5, 0.6) is 0 Å². The number of nitrogens with zero attached hydrogens (tertiary/aromatic N) is 4. The number of amidine groups is 1. The molecule has 9 heteroatoms. The van der Waals surface area contributed by atoms with E-state index in [2.05, 4.69) is 20.3 Å². The van der Waals surface area contributed by atoms with Crippen LogP contribution in [-0.2, 0) is 5.54 Å². The molecule has 3 N–H and O–H groups in total. The number of carbonyl (C=O) groups excluding carboxylic acids is 1. The van der Waals surface area contributed by atoms with E-state index in [0.717, 1.165) is 0 Å². The van der Waals surface area contributed by atoms with Crippen molar-refractivity contribution in [2.75, 3.05) is 5.32 Å². The number of hydrogen-bond acceptors (Lipinski definition) is 7. The summed E-state index contributed by atoms with van der Waals surface area (Å²) in [5.74, 6) is -0.987. The highest BCUT2D eigenvalue weighted by Gasteiger charge is 2.29. The molecule has 0 spiro atoms. The predicted molar refractivity (Wildman–Crippen MR) is 96.8 cm³/mol. The van der Waals surface area contributed by atoms with Crippen molar-refractivity contribution in [1.82, 2.24) is 9.97 Å². The summed E-state index contributed by atoms with van der Waals surface area (Å²) in [5.41, 5.74) is 5.58. The van der Waals surface area contributed by atoms with E-state index in [1.54, 1.807) is 18.4 Å². The summed E-state index contributed by atoms with van der Waals surface area (Å²) in [7, 11) is 0. The molecule has 0 fully saturated rings. The van der Waals surface area contributed by atoms with Gasteiger partial charge >= 0.3 is 0 Å². The minimum atomic E-state index is -0.964. The molecule has 1 aromatic heterocycles. The number of anilines is 1. The number of hydrogen-bond donors (Lipinski definition) is 2. The fourth-order valence-corrected chi connectivity index (χ4v) is 3.08. The van der Waals surface area contributed by atoms with Crippen molar-refractivity contribution in [3.05, 3.63) is 64.8 Å². The average Bonchev–Trinajstić information content (AvgIpc) is 2.63. The second-order valence-electron chi connectivity index (χ2n) is 5.57. The maximum absolute atomic E-state index is 14.4. The zero-order chi connectivity index (χ0) is 18.7. The number of nitriles is 1. The Bertz CT molecular complexity index is 966. The molecule has 1 amide bonds. The number of nitrogens with one attached hydrogen (secondary N) is 1. The molecule has 1 aliphatic rings. The second-order valence-corrected chi connectivity index (χ2v) is 6.49. The van der Waals surface area contributed by atoms with E-state index < -0.39 is 17.3 Å². The van der Waals surface area contributed by atoms with Gasteiger partial charge in [-0.05, 0) is 36.6 Å². The Morgan fingerprint density at radius 2 is 2.19 bits per heavy atom. The van der Waals surface area contributed by atoms with Crippen molar-refractivity contribution in [3.63, 3.8) is 0 Å². The summed E-state index contributed by atoms with van der Waals surface area (Å²) in [6.07, 6.45) is 4.14. The standard InChI is InChI=1S/C17H13FN6OS/c1-17(4-5-26-16(20)24-17)12-6-10(2-3-13(12)18)23-15(25)14-9-21-11(7-19)8-22-14/h2-6,8-9H,1H3,(H2,20,24)(H,23,25)/t17-/m0/s1. The lowest BCUT2D eigenvalue weighted by Gasteiger charge is -2.26. The Hall–Kier alpha value is -3.25. The number of aromatic nitrogens is 2. The van der Waals surface area contributed by atoms with Crippen LogP contribution in [0.15, 0.2) is 47.1 Å². The first-order chi connectivity index (χ1) is 12.4. The molecule has 0 saturated heterocycles. The highest BCUT2D eigenvalue weighted by molar-refractivity contribution is 8.16. The summed E-state index contributed by atoms with van der Waals surface area (Å²) in [6, 6.07) is 6.01. The molecular weight excluding hydrogens is 355 g/mol. The zero-order valence-corrected chi connectivity index (χ0v) is 14.4. The van der Waals surface area contributed by atoms with Crippen molar-refractivity contribution >= 4 is 28.5 Å². The molecule has 0 bridgehead atoms. The molecule has 0 saturated carbocycles. The molecule has 2 heterocycles. The van der Waals surface area contributed by atoms with Gasteiger partial charge in [0.25, 0.3) is 5.91 Å². The maximum atomic E-state index is 14.4. The van der Waals surface area contributed by atoms with Crippen molar-refractivity contribution in [1.29, 1.82) is 5.26 Å². The van der Waals surface area contributed by atoms with Crippen LogP contribution in [-0.4, -0.2) is 21.0 Å². The Morgan fingerprint density at radius 3 is 2.85 bits per heavy atom. The fourth-order valence-electron chi connectivity index (χ4n) is 2.37. The van der Waals surface area contributed by atoms with E-state index in [1.807, 2.05) is 6.07 Å².